The molecule has 0 saturated heterocycles. The van der Waals surface area contributed by atoms with Crippen LogP contribution in [-0.2, 0) is 16.6 Å². The van der Waals surface area contributed by atoms with Crippen LogP contribution < -0.4 is 21.1 Å². The zero-order valence-corrected chi connectivity index (χ0v) is 13.1. The predicted octanol–water partition coefficient (Wildman–Crippen LogP) is 0.621. The number of hydrogen-bond acceptors (Lipinski definition) is 7. The van der Waals surface area contributed by atoms with E-state index in [4.69, 9.17) is 5.73 Å². The number of nitrogen functional groups attached to an aromatic ring is 1. The fourth-order valence-electron chi connectivity index (χ4n) is 1.73. The van der Waals surface area contributed by atoms with E-state index >= 15 is 0 Å². The number of aromatic nitrogens is 2. The Morgan fingerprint density at radius 2 is 1.77 bits per heavy atom. The van der Waals surface area contributed by atoms with Crippen LogP contribution in [0.3, 0.4) is 0 Å². The molecule has 0 saturated carbocycles. The van der Waals surface area contributed by atoms with Crippen molar-refractivity contribution in [2.75, 3.05) is 30.5 Å². The van der Waals surface area contributed by atoms with E-state index in [9.17, 15) is 8.42 Å². The standard InChI is InChI=1S/C13H18N6O2S/c1-15-12-7-10(18-13(16-2)19-12)8-17-22(20,21)11-5-3-9(14)4-6-11/h3-7,17H,8,14H2,1-2H3,(H2,15,16,18,19). The van der Waals surface area contributed by atoms with Crippen molar-refractivity contribution in [2.45, 2.75) is 11.4 Å². The maximum absolute atomic E-state index is 12.2. The van der Waals surface area contributed by atoms with Crippen LogP contribution in [-0.4, -0.2) is 32.5 Å². The number of nitrogens with two attached hydrogens (primary N) is 1. The normalized spacial score (nSPS) is 11.2. The number of hydrogen-bond donors (Lipinski definition) is 4. The Bertz CT molecular complexity index is 723. The van der Waals surface area contributed by atoms with Gasteiger partial charge in [0, 0.05) is 25.8 Å². The first-order valence-corrected chi connectivity index (χ1v) is 8.01. The molecule has 2 rings (SSSR count). The van der Waals surface area contributed by atoms with E-state index in [-0.39, 0.29) is 11.4 Å². The van der Waals surface area contributed by atoms with E-state index in [1.54, 1.807) is 20.2 Å². The lowest BCUT2D eigenvalue weighted by Crippen LogP contribution is -2.24. The molecule has 0 aliphatic carbocycles. The highest BCUT2D eigenvalue weighted by Crippen LogP contribution is 2.13. The van der Waals surface area contributed by atoms with Crippen molar-refractivity contribution in [3.8, 4) is 0 Å². The summed E-state index contributed by atoms with van der Waals surface area (Å²) in [6.07, 6.45) is 0. The van der Waals surface area contributed by atoms with Crippen LogP contribution in [0.25, 0.3) is 0 Å². The molecular formula is C13H18N6O2S. The molecule has 1 aromatic carbocycles. The zero-order valence-electron chi connectivity index (χ0n) is 12.3. The number of sulfonamides is 1. The summed E-state index contributed by atoms with van der Waals surface area (Å²) in [6.45, 7) is 0.0542. The molecule has 0 atom stereocenters. The topological polar surface area (TPSA) is 122 Å². The summed E-state index contributed by atoms with van der Waals surface area (Å²) in [4.78, 5) is 8.51. The summed E-state index contributed by atoms with van der Waals surface area (Å²) < 4.78 is 26.9. The van der Waals surface area contributed by atoms with Crippen molar-refractivity contribution in [3.05, 3.63) is 36.0 Å². The molecule has 5 N–H and O–H groups in total. The first-order valence-electron chi connectivity index (χ1n) is 6.53. The van der Waals surface area contributed by atoms with Gasteiger partial charge in [0.05, 0.1) is 17.1 Å². The highest BCUT2D eigenvalue weighted by molar-refractivity contribution is 7.89. The Kier molecular flexibility index (Phi) is 4.78. The third-order valence-electron chi connectivity index (χ3n) is 2.89. The van der Waals surface area contributed by atoms with Crippen LogP contribution in [0, 0.1) is 0 Å². The monoisotopic (exact) mass is 322 g/mol. The van der Waals surface area contributed by atoms with Crippen molar-refractivity contribution in [1.29, 1.82) is 0 Å². The van der Waals surface area contributed by atoms with Gasteiger partial charge in [-0.25, -0.2) is 18.1 Å². The summed E-state index contributed by atoms with van der Waals surface area (Å²) in [5.41, 5.74) is 6.60. The summed E-state index contributed by atoms with van der Waals surface area (Å²) >= 11 is 0. The average molecular weight is 322 g/mol. The molecule has 0 amide bonds. The number of nitrogens with zero attached hydrogens (tertiary/aromatic N) is 2. The average Bonchev–Trinajstić information content (AvgIpc) is 2.53. The lowest BCUT2D eigenvalue weighted by molar-refractivity contribution is 0.580. The molecule has 0 aliphatic rings. The summed E-state index contributed by atoms with van der Waals surface area (Å²) in [5.74, 6) is 1.01. The van der Waals surface area contributed by atoms with Crippen molar-refractivity contribution in [3.63, 3.8) is 0 Å². The van der Waals surface area contributed by atoms with Gasteiger partial charge in [-0.1, -0.05) is 0 Å². The number of rotatable bonds is 6. The van der Waals surface area contributed by atoms with Gasteiger partial charge in [-0.2, -0.15) is 4.98 Å². The van der Waals surface area contributed by atoms with Crippen molar-refractivity contribution in [1.82, 2.24) is 14.7 Å². The molecule has 1 aromatic heterocycles. The Morgan fingerprint density at radius 1 is 1.09 bits per heavy atom. The zero-order chi connectivity index (χ0) is 16.2. The molecule has 9 heteroatoms. The van der Waals surface area contributed by atoms with Gasteiger partial charge in [0.1, 0.15) is 5.82 Å². The Balaban J connectivity index is 2.16. The van der Waals surface area contributed by atoms with Gasteiger partial charge in [-0.3, -0.25) is 0 Å². The molecule has 0 fully saturated rings. The molecule has 8 nitrogen and oxygen atoms in total. The predicted molar refractivity (Wildman–Crippen MR) is 86.0 cm³/mol. The van der Waals surface area contributed by atoms with Gasteiger partial charge in [0.2, 0.25) is 16.0 Å². The molecule has 0 radical (unpaired) electrons. The van der Waals surface area contributed by atoms with E-state index in [1.165, 1.54) is 24.3 Å². The highest BCUT2D eigenvalue weighted by atomic mass is 32.2. The minimum absolute atomic E-state index is 0.0542. The van der Waals surface area contributed by atoms with Gasteiger partial charge in [0.15, 0.2) is 0 Å². The second-order valence-corrected chi connectivity index (χ2v) is 6.23. The molecule has 0 bridgehead atoms. The van der Waals surface area contributed by atoms with Gasteiger partial charge >= 0.3 is 0 Å². The maximum atomic E-state index is 12.2. The SMILES string of the molecule is CNc1cc(CNS(=O)(=O)c2ccc(N)cc2)nc(NC)n1. The molecule has 1 heterocycles. The summed E-state index contributed by atoms with van der Waals surface area (Å²) in [6, 6.07) is 7.66. The van der Waals surface area contributed by atoms with E-state index in [2.05, 4.69) is 25.3 Å². The third kappa shape index (κ3) is 3.83. The summed E-state index contributed by atoms with van der Waals surface area (Å²) in [7, 11) is -0.203. The van der Waals surface area contributed by atoms with E-state index in [0.717, 1.165) is 0 Å². The quantitative estimate of drug-likeness (QED) is 0.575. The minimum Gasteiger partial charge on any atom is -0.399 e. The van der Waals surface area contributed by atoms with Crippen LogP contribution in [0.15, 0.2) is 35.2 Å². The minimum atomic E-state index is -3.62. The maximum Gasteiger partial charge on any atom is 0.240 e. The molecule has 0 unspecified atom stereocenters. The first-order chi connectivity index (χ1) is 10.4. The van der Waals surface area contributed by atoms with Gasteiger partial charge < -0.3 is 16.4 Å². The Hall–Kier alpha value is -2.39. The van der Waals surface area contributed by atoms with Gasteiger partial charge in [0.25, 0.3) is 0 Å². The van der Waals surface area contributed by atoms with Crippen LogP contribution in [0.4, 0.5) is 17.5 Å². The van der Waals surface area contributed by atoms with Gasteiger partial charge in [-0.05, 0) is 24.3 Å². The van der Waals surface area contributed by atoms with E-state index in [1.807, 2.05) is 0 Å². The van der Waals surface area contributed by atoms with E-state index < -0.39 is 10.0 Å². The van der Waals surface area contributed by atoms with Gasteiger partial charge in [-0.15, -0.1) is 0 Å². The lowest BCUT2D eigenvalue weighted by Gasteiger charge is -2.09. The Morgan fingerprint density at radius 3 is 2.36 bits per heavy atom. The molecule has 22 heavy (non-hydrogen) atoms. The smallest absolute Gasteiger partial charge is 0.240 e. The number of benzene rings is 1. The van der Waals surface area contributed by atoms with Crippen molar-refractivity contribution in [2.24, 2.45) is 0 Å². The molecule has 2 aromatic rings. The van der Waals surface area contributed by atoms with Crippen LogP contribution in [0.5, 0.6) is 0 Å². The van der Waals surface area contributed by atoms with E-state index in [0.29, 0.717) is 23.1 Å². The largest absolute Gasteiger partial charge is 0.399 e. The number of nitrogens with one attached hydrogen (secondary N) is 3. The van der Waals surface area contributed by atoms with Crippen LogP contribution in [0.2, 0.25) is 0 Å². The highest BCUT2D eigenvalue weighted by Gasteiger charge is 2.14. The fraction of sp³-hybridized carbons (Fsp3) is 0.231. The molecule has 0 aliphatic heterocycles. The third-order valence-corrected chi connectivity index (χ3v) is 4.31. The lowest BCUT2D eigenvalue weighted by atomic mass is 10.3. The number of anilines is 3. The molecular weight excluding hydrogens is 304 g/mol. The Labute approximate surface area is 129 Å². The fourth-order valence-corrected chi connectivity index (χ4v) is 2.73. The second-order valence-electron chi connectivity index (χ2n) is 4.46. The van der Waals surface area contributed by atoms with Crippen molar-refractivity contribution < 1.29 is 8.42 Å². The van der Waals surface area contributed by atoms with Crippen molar-refractivity contribution >= 4 is 27.5 Å². The first kappa shape index (κ1) is 16.0. The molecule has 118 valence electrons. The molecule has 0 spiro atoms. The van der Waals surface area contributed by atoms with Crippen LogP contribution in [0.1, 0.15) is 5.69 Å². The summed E-state index contributed by atoms with van der Waals surface area (Å²) in [5, 5.41) is 5.72. The second kappa shape index (κ2) is 6.58. The van der Waals surface area contributed by atoms with Crippen LogP contribution >= 0.6 is 0 Å².